The van der Waals surface area contributed by atoms with Gasteiger partial charge in [-0.15, -0.1) is 0 Å². The molecule has 0 radical (unpaired) electrons. The molecule has 2 aromatic carbocycles. The third kappa shape index (κ3) is 6.38. The number of nitro groups is 1. The topological polar surface area (TPSA) is 129 Å². The molecular formula is C28H30N4O7. The van der Waals surface area contributed by atoms with Gasteiger partial charge in [0.25, 0.3) is 11.2 Å². The van der Waals surface area contributed by atoms with Crippen LogP contribution in [0.3, 0.4) is 0 Å². The molecule has 0 atom stereocenters. The van der Waals surface area contributed by atoms with Gasteiger partial charge in [-0.3, -0.25) is 14.9 Å². The Hall–Kier alpha value is -4.80. The van der Waals surface area contributed by atoms with E-state index in [0.29, 0.717) is 45.8 Å². The van der Waals surface area contributed by atoms with Gasteiger partial charge >= 0.3 is 6.09 Å². The Morgan fingerprint density at radius 2 is 1.85 bits per heavy atom. The van der Waals surface area contributed by atoms with Gasteiger partial charge in [-0.1, -0.05) is 6.07 Å². The maximum Gasteiger partial charge on any atom is 0.410 e. The smallest absolute Gasteiger partial charge is 0.410 e. The normalized spacial score (nSPS) is 11.3. The van der Waals surface area contributed by atoms with Crippen LogP contribution in [0.4, 0.5) is 10.5 Å². The second kappa shape index (κ2) is 10.9. The molecule has 0 aliphatic carbocycles. The van der Waals surface area contributed by atoms with Crippen LogP contribution < -0.4 is 15.0 Å². The molecule has 11 nitrogen and oxygen atoms in total. The molecule has 1 N–H and O–H groups in total. The first kappa shape index (κ1) is 27.2. The van der Waals surface area contributed by atoms with Gasteiger partial charge in [0.05, 0.1) is 11.5 Å². The summed E-state index contributed by atoms with van der Waals surface area (Å²) in [5, 5.41) is 12.2. The highest BCUT2D eigenvalue weighted by Gasteiger charge is 2.20. The number of ether oxygens (including phenoxy) is 3. The number of aromatic nitrogens is 2. The molecule has 1 amide bonds. The van der Waals surface area contributed by atoms with Crippen molar-refractivity contribution in [3.63, 3.8) is 0 Å². The number of aromatic amines is 1. The fraction of sp³-hybridized carbons (Fsp3) is 0.286. The van der Waals surface area contributed by atoms with Crippen LogP contribution in [0.2, 0.25) is 0 Å². The summed E-state index contributed by atoms with van der Waals surface area (Å²) in [4.78, 5) is 40.1. The number of carbonyl (C=O) groups excluding carboxylic acids is 1. The molecule has 2 aromatic heterocycles. The first-order valence-electron chi connectivity index (χ1n) is 12.2. The molecule has 0 bridgehead atoms. The highest BCUT2D eigenvalue weighted by atomic mass is 16.6. The fourth-order valence-electron chi connectivity index (χ4n) is 3.90. The van der Waals surface area contributed by atoms with Crippen molar-refractivity contribution >= 4 is 22.7 Å². The number of amides is 1. The molecule has 11 heteroatoms. The number of H-pyrrole nitrogens is 1. The molecule has 0 aliphatic heterocycles. The zero-order chi connectivity index (χ0) is 28.3. The first-order valence-corrected chi connectivity index (χ1v) is 12.2. The Labute approximate surface area is 224 Å². The quantitative estimate of drug-likeness (QED) is 0.234. The van der Waals surface area contributed by atoms with E-state index in [2.05, 4.69) is 4.98 Å². The van der Waals surface area contributed by atoms with Crippen molar-refractivity contribution in [3.8, 4) is 28.4 Å². The largest absolute Gasteiger partial charge is 0.492 e. The Morgan fingerprint density at radius 3 is 2.56 bits per heavy atom. The second-order valence-corrected chi connectivity index (χ2v) is 9.99. The van der Waals surface area contributed by atoms with E-state index in [4.69, 9.17) is 14.2 Å². The van der Waals surface area contributed by atoms with E-state index < -0.39 is 16.6 Å². The third-order valence-electron chi connectivity index (χ3n) is 5.79. The average molecular weight is 535 g/mol. The summed E-state index contributed by atoms with van der Waals surface area (Å²) in [6.45, 7) is 5.95. The predicted octanol–water partition coefficient (Wildman–Crippen LogP) is 5.48. The van der Waals surface area contributed by atoms with Gasteiger partial charge in [0.1, 0.15) is 35.0 Å². The highest BCUT2D eigenvalue weighted by Crippen LogP contribution is 2.39. The number of rotatable bonds is 8. The monoisotopic (exact) mass is 534 g/mol. The summed E-state index contributed by atoms with van der Waals surface area (Å²) in [5.74, 6) is 1.32. The van der Waals surface area contributed by atoms with Crippen LogP contribution in [0.15, 0.2) is 65.7 Å². The lowest BCUT2D eigenvalue weighted by atomic mass is 10.0. The summed E-state index contributed by atoms with van der Waals surface area (Å²) < 4.78 is 18.7. The lowest BCUT2D eigenvalue weighted by Crippen LogP contribution is -2.36. The Kier molecular flexibility index (Phi) is 7.61. The van der Waals surface area contributed by atoms with Crippen LogP contribution in [0.1, 0.15) is 20.8 Å². The van der Waals surface area contributed by atoms with Crippen molar-refractivity contribution in [3.05, 3.63) is 81.4 Å². The molecule has 0 spiro atoms. The molecule has 2 heterocycles. The van der Waals surface area contributed by atoms with Crippen LogP contribution in [-0.2, 0) is 11.8 Å². The van der Waals surface area contributed by atoms with Gasteiger partial charge in [0, 0.05) is 61.2 Å². The maximum atomic E-state index is 12.5. The summed E-state index contributed by atoms with van der Waals surface area (Å²) in [5.41, 5.74) is 0.531. The summed E-state index contributed by atoms with van der Waals surface area (Å²) in [7, 11) is 3.25. The number of nitro benzene ring substituents is 1. The van der Waals surface area contributed by atoms with Crippen molar-refractivity contribution in [2.45, 2.75) is 26.4 Å². The van der Waals surface area contributed by atoms with E-state index in [9.17, 15) is 19.7 Å². The lowest BCUT2D eigenvalue weighted by Gasteiger charge is -2.24. The Bertz CT molecular complexity index is 1580. The van der Waals surface area contributed by atoms with Crippen LogP contribution >= 0.6 is 0 Å². The van der Waals surface area contributed by atoms with Gasteiger partial charge in [-0.2, -0.15) is 0 Å². The number of fused-ring (bicyclic) bond motifs is 1. The van der Waals surface area contributed by atoms with E-state index in [0.717, 1.165) is 0 Å². The molecular weight excluding hydrogens is 504 g/mol. The molecule has 4 aromatic rings. The van der Waals surface area contributed by atoms with E-state index in [-0.39, 0.29) is 17.9 Å². The zero-order valence-corrected chi connectivity index (χ0v) is 22.4. The number of pyridine rings is 1. The Morgan fingerprint density at radius 1 is 1.10 bits per heavy atom. The number of nitrogens with one attached hydrogen (secondary N) is 1. The highest BCUT2D eigenvalue weighted by molar-refractivity contribution is 5.96. The maximum absolute atomic E-state index is 12.5. The van der Waals surface area contributed by atoms with Crippen molar-refractivity contribution in [2.24, 2.45) is 7.05 Å². The van der Waals surface area contributed by atoms with Gasteiger partial charge in [0.2, 0.25) is 0 Å². The minimum absolute atomic E-state index is 0.110. The fourth-order valence-corrected chi connectivity index (χ4v) is 3.90. The molecule has 39 heavy (non-hydrogen) atoms. The average Bonchev–Trinajstić information content (AvgIpc) is 3.36. The third-order valence-corrected chi connectivity index (χ3v) is 5.79. The molecule has 4 rings (SSSR count). The zero-order valence-electron chi connectivity index (χ0n) is 22.4. The number of benzene rings is 2. The van der Waals surface area contributed by atoms with Gasteiger partial charge < -0.3 is 28.7 Å². The number of hydrogen-bond donors (Lipinski definition) is 1. The Balaban J connectivity index is 1.57. The predicted molar refractivity (Wildman–Crippen MR) is 147 cm³/mol. The minimum atomic E-state index is -0.587. The second-order valence-electron chi connectivity index (χ2n) is 9.99. The number of nitrogens with zero attached hydrogens (tertiary/aromatic N) is 3. The standard InChI is InChI=1S/C28H30N4O7/c1-28(2,3)39-27(34)30(4)13-14-37-19-7-6-8-20(16-19)38-24-10-9-18(32(35)36)15-22(24)23-17-31(5)26(33)25-21(23)11-12-29-25/h6-12,15-17,29H,13-14H2,1-5H3. The van der Waals surface area contributed by atoms with E-state index in [1.54, 1.807) is 77.6 Å². The van der Waals surface area contributed by atoms with Crippen LogP contribution in [-0.4, -0.2) is 51.3 Å². The molecule has 204 valence electrons. The first-order chi connectivity index (χ1) is 18.4. The van der Waals surface area contributed by atoms with E-state index >= 15 is 0 Å². The molecule has 0 aliphatic rings. The van der Waals surface area contributed by atoms with Crippen LogP contribution in [0.25, 0.3) is 22.0 Å². The minimum Gasteiger partial charge on any atom is -0.492 e. The molecule has 0 saturated carbocycles. The van der Waals surface area contributed by atoms with Crippen molar-refractivity contribution in [1.29, 1.82) is 0 Å². The number of likely N-dealkylation sites (N-methyl/N-ethyl adjacent to an activating group) is 1. The number of hydrogen-bond acceptors (Lipinski definition) is 7. The molecule has 0 unspecified atom stereocenters. The molecule has 0 saturated heterocycles. The van der Waals surface area contributed by atoms with Gasteiger partial charge in [0.15, 0.2) is 0 Å². The number of aryl methyl sites for hydroxylation is 1. The summed E-state index contributed by atoms with van der Waals surface area (Å²) >= 11 is 0. The van der Waals surface area contributed by atoms with Crippen molar-refractivity contribution in [2.75, 3.05) is 20.2 Å². The number of non-ortho nitro benzene ring substituents is 1. The van der Waals surface area contributed by atoms with Gasteiger partial charge in [-0.25, -0.2) is 4.79 Å². The lowest BCUT2D eigenvalue weighted by molar-refractivity contribution is -0.384. The van der Waals surface area contributed by atoms with Crippen LogP contribution in [0.5, 0.6) is 17.2 Å². The summed E-state index contributed by atoms with van der Waals surface area (Å²) in [6, 6.07) is 13.0. The molecule has 0 fully saturated rings. The SMILES string of the molecule is CN(CCOc1cccc(Oc2ccc([N+](=O)[O-])cc2-c2cn(C)c(=O)c3[nH]ccc23)c1)C(=O)OC(C)(C)C. The van der Waals surface area contributed by atoms with Gasteiger partial charge in [-0.05, 0) is 45.0 Å². The summed E-state index contributed by atoms with van der Waals surface area (Å²) in [6.07, 6.45) is 2.84. The number of carbonyl (C=O) groups is 1. The van der Waals surface area contributed by atoms with E-state index in [1.165, 1.54) is 27.7 Å². The van der Waals surface area contributed by atoms with Crippen molar-refractivity contribution in [1.82, 2.24) is 14.5 Å². The van der Waals surface area contributed by atoms with E-state index in [1.807, 2.05) is 0 Å². The van der Waals surface area contributed by atoms with Crippen molar-refractivity contribution < 1.29 is 23.9 Å². The van der Waals surface area contributed by atoms with Crippen LogP contribution in [0, 0.1) is 10.1 Å².